The summed E-state index contributed by atoms with van der Waals surface area (Å²) in [6.45, 7) is 0. The number of rotatable bonds is 5. The van der Waals surface area contributed by atoms with Crippen LogP contribution in [0.3, 0.4) is 0 Å². The summed E-state index contributed by atoms with van der Waals surface area (Å²) < 4.78 is 30.8. The normalized spacial score (nSPS) is 10.8. The molecule has 0 unspecified atom stereocenters. The van der Waals surface area contributed by atoms with Crippen molar-refractivity contribution in [2.75, 3.05) is 11.8 Å². The van der Waals surface area contributed by atoms with E-state index in [1.54, 1.807) is 24.3 Å². The second-order valence-corrected chi connectivity index (χ2v) is 5.56. The number of hydrogen-bond donors (Lipinski definition) is 2. The zero-order valence-corrected chi connectivity index (χ0v) is 11.3. The van der Waals surface area contributed by atoms with Gasteiger partial charge < -0.3 is 4.74 Å². The second-order valence-electron chi connectivity index (χ2n) is 3.84. The van der Waals surface area contributed by atoms with Crippen molar-refractivity contribution in [1.82, 2.24) is 15.2 Å². The molecule has 1 aromatic carbocycles. The Hall–Kier alpha value is -2.60. The molecule has 2 aromatic rings. The molecular weight excluding hydrogens is 282 g/mol. The average Bonchev–Trinajstić information content (AvgIpc) is 2.86. The number of nitrogens with one attached hydrogen (secondary N) is 2. The number of nitriles is 1. The molecule has 0 saturated carbocycles. The molecule has 9 heteroatoms. The fraction of sp³-hybridized carbons (Fsp3) is 0.182. The molecule has 20 heavy (non-hydrogen) atoms. The van der Waals surface area contributed by atoms with E-state index in [1.165, 1.54) is 7.11 Å². The molecule has 0 atom stereocenters. The number of methoxy groups -OCH3 is 1. The molecule has 2 N–H and O–H groups in total. The molecule has 2 rings (SSSR count). The first-order chi connectivity index (χ1) is 9.52. The van der Waals surface area contributed by atoms with Crippen LogP contribution in [0.1, 0.15) is 11.1 Å². The predicted molar refractivity (Wildman–Crippen MR) is 70.3 cm³/mol. The minimum absolute atomic E-state index is 0.0181. The van der Waals surface area contributed by atoms with Gasteiger partial charge in [-0.25, -0.2) is 13.5 Å². The maximum atomic E-state index is 11.9. The Labute approximate surface area is 115 Å². The van der Waals surface area contributed by atoms with E-state index in [0.717, 1.165) is 0 Å². The van der Waals surface area contributed by atoms with Gasteiger partial charge in [0, 0.05) is 0 Å². The molecule has 0 spiro atoms. The molecule has 0 amide bonds. The zero-order valence-electron chi connectivity index (χ0n) is 10.5. The van der Waals surface area contributed by atoms with Gasteiger partial charge in [-0.05, 0) is 17.7 Å². The Kier molecular flexibility index (Phi) is 3.86. The van der Waals surface area contributed by atoms with Crippen molar-refractivity contribution in [2.45, 2.75) is 5.75 Å². The van der Waals surface area contributed by atoms with Crippen molar-refractivity contribution < 1.29 is 13.2 Å². The number of H-pyrrole nitrogens is 1. The summed E-state index contributed by atoms with van der Waals surface area (Å²) in [5.41, 5.74) is 1.03. The minimum Gasteiger partial charge on any atom is -0.466 e. The summed E-state index contributed by atoms with van der Waals surface area (Å²) in [6.07, 6.45) is 0. The molecule has 0 saturated heterocycles. The van der Waals surface area contributed by atoms with Gasteiger partial charge in [0.15, 0.2) is 0 Å². The Morgan fingerprint density at radius 2 is 2.10 bits per heavy atom. The fourth-order valence-corrected chi connectivity index (χ4v) is 2.55. The molecule has 8 nitrogen and oxygen atoms in total. The van der Waals surface area contributed by atoms with Crippen LogP contribution in [0.15, 0.2) is 24.3 Å². The number of ether oxygens (including phenoxy) is 1. The summed E-state index contributed by atoms with van der Waals surface area (Å²) in [4.78, 5) is 3.76. The van der Waals surface area contributed by atoms with Crippen LogP contribution in [0.5, 0.6) is 6.01 Å². The molecule has 1 heterocycles. The molecule has 0 fully saturated rings. The summed E-state index contributed by atoms with van der Waals surface area (Å²) >= 11 is 0. The van der Waals surface area contributed by atoms with E-state index in [0.29, 0.717) is 11.1 Å². The van der Waals surface area contributed by atoms with E-state index < -0.39 is 10.0 Å². The van der Waals surface area contributed by atoms with Crippen molar-refractivity contribution in [3.8, 4) is 12.1 Å². The number of anilines is 1. The summed E-state index contributed by atoms with van der Waals surface area (Å²) in [5.74, 6) is -0.252. The number of benzene rings is 1. The first-order valence-corrected chi connectivity index (χ1v) is 7.13. The van der Waals surface area contributed by atoms with Crippen LogP contribution < -0.4 is 9.46 Å². The summed E-state index contributed by atoms with van der Waals surface area (Å²) in [6, 6.07) is 8.29. The molecular formula is C11H11N5O3S. The van der Waals surface area contributed by atoms with Crippen LogP contribution in [0.25, 0.3) is 0 Å². The molecule has 0 aliphatic heterocycles. The lowest BCUT2D eigenvalue weighted by molar-refractivity contribution is 0.382. The van der Waals surface area contributed by atoms with Crippen LogP contribution in [-0.2, 0) is 15.8 Å². The van der Waals surface area contributed by atoms with Crippen LogP contribution in [0, 0.1) is 11.3 Å². The summed E-state index contributed by atoms with van der Waals surface area (Å²) in [7, 11) is -2.25. The van der Waals surface area contributed by atoms with E-state index in [4.69, 9.17) is 10.00 Å². The van der Waals surface area contributed by atoms with Crippen molar-refractivity contribution in [2.24, 2.45) is 0 Å². The Morgan fingerprint density at radius 1 is 1.40 bits per heavy atom. The topological polar surface area (TPSA) is 121 Å². The molecule has 1 aromatic heterocycles. The van der Waals surface area contributed by atoms with E-state index in [1.807, 2.05) is 6.07 Å². The van der Waals surface area contributed by atoms with Gasteiger partial charge in [0.2, 0.25) is 16.0 Å². The van der Waals surface area contributed by atoms with Crippen molar-refractivity contribution >= 4 is 16.0 Å². The van der Waals surface area contributed by atoms with E-state index in [-0.39, 0.29) is 17.7 Å². The first kappa shape index (κ1) is 13.8. The van der Waals surface area contributed by atoms with Gasteiger partial charge in [-0.2, -0.15) is 10.2 Å². The van der Waals surface area contributed by atoms with Crippen LogP contribution in [0.4, 0.5) is 5.95 Å². The lowest BCUT2D eigenvalue weighted by Gasteiger charge is -2.04. The highest BCUT2D eigenvalue weighted by Crippen LogP contribution is 2.11. The highest BCUT2D eigenvalue weighted by molar-refractivity contribution is 7.91. The monoisotopic (exact) mass is 293 g/mol. The largest absolute Gasteiger partial charge is 0.466 e. The Morgan fingerprint density at radius 3 is 2.65 bits per heavy atom. The molecule has 104 valence electrons. The van der Waals surface area contributed by atoms with Gasteiger partial charge in [0.25, 0.3) is 0 Å². The number of sulfonamides is 1. The van der Waals surface area contributed by atoms with Crippen LogP contribution in [0.2, 0.25) is 0 Å². The second kappa shape index (κ2) is 5.58. The lowest BCUT2D eigenvalue weighted by Crippen LogP contribution is -2.16. The standard InChI is InChI=1S/C11H11N5O3S/c1-19-11-13-10(14-15-11)16-20(17,18)7-9-4-2-8(6-12)3-5-9/h2-5H,7H2,1H3,(H2,13,14,15,16). The Balaban J connectivity index is 2.08. The number of aromatic nitrogens is 3. The molecule has 0 aliphatic carbocycles. The number of hydrogen-bond acceptors (Lipinski definition) is 6. The van der Waals surface area contributed by atoms with Gasteiger partial charge in [0.05, 0.1) is 24.5 Å². The smallest absolute Gasteiger partial charge is 0.336 e. The van der Waals surface area contributed by atoms with E-state index >= 15 is 0 Å². The third kappa shape index (κ3) is 3.46. The highest BCUT2D eigenvalue weighted by atomic mass is 32.2. The number of nitrogens with zero attached hydrogens (tertiary/aromatic N) is 3. The van der Waals surface area contributed by atoms with E-state index in [9.17, 15) is 8.42 Å². The van der Waals surface area contributed by atoms with Gasteiger partial charge in [-0.15, -0.1) is 5.10 Å². The average molecular weight is 293 g/mol. The van der Waals surface area contributed by atoms with Gasteiger partial charge in [0.1, 0.15) is 0 Å². The third-order valence-corrected chi connectivity index (χ3v) is 3.56. The quantitative estimate of drug-likeness (QED) is 0.833. The maximum absolute atomic E-state index is 11.9. The predicted octanol–water partition coefficient (Wildman–Crippen LogP) is 0.627. The van der Waals surface area contributed by atoms with Crippen LogP contribution in [-0.4, -0.2) is 30.7 Å². The van der Waals surface area contributed by atoms with E-state index in [2.05, 4.69) is 19.9 Å². The molecule has 0 radical (unpaired) electrons. The van der Waals surface area contributed by atoms with Gasteiger partial charge in [-0.1, -0.05) is 12.1 Å². The van der Waals surface area contributed by atoms with Gasteiger partial charge in [-0.3, -0.25) is 4.72 Å². The summed E-state index contributed by atoms with van der Waals surface area (Å²) in [5, 5.41) is 14.7. The first-order valence-electron chi connectivity index (χ1n) is 5.48. The lowest BCUT2D eigenvalue weighted by atomic mass is 10.2. The van der Waals surface area contributed by atoms with Crippen LogP contribution >= 0.6 is 0 Å². The van der Waals surface area contributed by atoms with Crippen molar-refractivity contribution in [1.29, 1.82) is 5.26 Å². The fourth-order valence-electron chi connectivity index (χ4n) is 1.46. The third-order valence-electron chi connectivity index (χ3n) is 2.34. The highest BCUT2D eigenvalue weighted by Gasteiger charge is 2.14. The SMILES string of the molecule is COc1n[nH]c(NS(=O)(=O)Cc2ccc(C#N)cc2)n1. The van der Waals surface area contributed by atoms with Crippen molar-refractivity contribution in [3.05, 3.63) is 35.4 Å². The maximum Gasteiger partial charge on any atom is 0.336 e. The van der Waals surface area contributed by atoms with Crippen molar-refractivity contribution in [3.63, 3.8) is 0 Å². The molecule has 0 bridgehead atoms. The van der Waals surface area contributed by atoms with Gasteiger partial charge >= 0.3 is 6.01 Å². The number of aromatic amines is 1. The zero-order chi connectivity index (χ0) is 14.6. The Bertz CT molecular complexity index is 730. The molecule has 0 aliphatic rings. The minimum atomic E-state index is -3.62.